The molecule has 2 rings (SSSR count). The Morgan fingerprint density at radius 2 is 1.80 bits per heavy atom. The number of nitrogens with zero attached hydrogens (tertiary/aromatic N) is 1. The van der Waals surface area contributed by atoms with Gasteiger partial charge in [-0.25, -0.2) is 0 Å². The van der Waals surface area contributed by atoms with Crippen molar-refractivity contribution in [1.82, 2.24) is 0 Å². The van der Waals surface area contributed by atoms with E-state index in [1.165, 1.54) is 0 Å². The van der Waals surface area contributed by atoms with Crippen molar-refractivity contribution in [3.63, 3.8) is 0 Å². The van der Waals surface area contributed by atoms with Gasteiger partial charge in [0.15, 0.2) is 5.71 Å². The second kappa shape index (κ2) is 9.51. The van der Waals surface area contributed by atoms with Gasteiger partial charge in [0.25, 0.3) is 10.1 Å². The standard InChI is InChI=1S/C15H20NO5S2.K.H2O/c1-11-15(2,3)13-10-12(22(17)18)6-7-14(13)16(11)8-4-5-9-23(19,20)21;;/h6-7,10H,4-5,8-9H2,1-3H3;;1H2/q-1;+1;. The Hall–Kier alpha value is 0.346. The Balaban J connectivity index is 0.00000288. The molecule has 0 aromatic heterocycles. The van der Waals surface area contributed by atoms with E-state index in [0.29, 0.717) is 19.4 Å². The number of hydrogen-bond acceptors (Lipinski definition) is 6. The molecule has 1 aromatic carbocycles. The van der Waals surface area contributed by atoms with Crippen LogP contribution in [0, 0.1) is 0 Å². The quantitative estimate of drug-likeness (QED) is 0.214. The zero-order chi connectivity index (χ0) is 17.4. The van der Waals surface area contributed by atoms with Crippen LogP contribution in [0.5, 0.6) is 0 Å². The minimum atomic E-state index is -3.93. The van der Waals surface area contributed by atoms with Crippen molar-refractivity contribution in [3.05, 3.63) is 23.8 Å². The SMILES string of the molecule is CC1=[N+](CCCCS(=O)(=O)O)c2ccc([S-](=O)=O)cc2C1(C)C.[K+].[OH-]. The molecule has 10 heteroatoms. The summed E-state index contributed by atoms with van der Waals surface area (Å²) < 4.78 is 54.8. The van der Waals surface area contributed by atoms with E-state index in [-0.39, 0.29) is 72.9 Å². The van der Waals surface area contributed by atoms with Crippen LogP contribution in [0.15, 0.2) is 23.1 Å². The van der Waals surface area contributed by atoms with E-state index < -0.39 is 20.8 Å². The molecule has 1 aromatic rings. The molecular weight excluding hydrogens is 393 g/mol. The molecule has 0 fully saturated rings. The number of unbranched alkanes of at least 4 members (excludes halogenated alkanes) is 1. The van der Waals surface area contributed by atoms with E-state index in [2.05, 4.69) is 4.58 Å². The first-order chi connectivity index (χ1) is 10.5. The zero-order valence-electron chi connectivity index (χ0n) is 14.9. The fraction of sp³-hybridized carbons (Fsp3) is 0.533. The zero-order valence-corrected chi connectivity index (χ0v) is 19.6. The summed E-state index contributed by atoms with van der Waals surface area (Å²) in [6.45, 7) is 6.70. The van der Waals surface area contributed by atoms with Crippen LogP contribution < -0.4 is 51.4 Å². The number of fused-ring (bicyclic) bond motifs is 1. The molecule has 0 bridgehead atoms. The normalized spacial score (nSPS) is 15.6. The fourth-order valence-corrected chi connectivity index (χ4v) is 3.87. The molecular formula is C15H22KNO6S2. The van der Waals surface area contributed by atoms with E-state index in [0.717, 1.165) is 17.0 Å². The molecule has 0 unspecified atom stereocenters. The van der Waals surface area contributed by atoms with E-state index in [1.54, 1.807) is 18.2 Å². The van der Waals surface area contributed by atoms with Crippen LogP contribution >= 0.6 is 0 Å². The Bertz CT molecular complexity index is 836. The summed E-state index contributed by atoms with van der Waals surface area (Å²) in [6.07, 6.45) is 0.989. The first-order valence-corrected chi connectivity index (χ1v) is 10.0. The van der Waals surface area contributed by atoms with Crippen LogP contribution in [0.25, 0.3) is 0 Å². The summed E-state index contributed by atoms with van der Waals surface area (Å²) in [7, 11) is -6.19. The minimum Gasteiger partial charge on any atom is -0.870 e. The third-order valence-electron chi connectivity index (χ3n) is 4.47. The summed E-state index contributed by atoms with van der Waals surface area (Å²) in [5.41, 5.74) is 2.71. The maximum Gasteiger partial charge on any atom is 1.00 e. The van der Waals surface area contributed by atoms with Crippen molar-refractivity contribution in [2.45, 2.75) is 43.9 Å². The summed E-state index contributed by atoms with van der Waals surface area (Å²) >= 11 is 0. The second-order valence-corrected chi connectivity index (χ2v) is 8.78. The Morgan fingerprint density at radius 1 is 1.20 bits per heavy atom. The summed E-state index contributed by atoms with van der Waals surface area (Å²) in [6, 6.07) is 5.06. The van der Waals surface area contributed by atoms with Crippen molar-refractivity contribution < 1.29 is 82.8 Å². The van der Waals surface area contributed by atoms with Gasteiger partial charge in [0.05, 0.1) is 11.2 Å². The summed E-state index contributed by atoms with van der Waals surface area (Å²) in [4.78, 5) is 0.262. The largest absolute Gasteiger partial charge is 1.00 e. The first kappa shape index (κ1) is 25.3. The van der Waals surface area contributed by atoms with Crippen LogP contribution in [0.2, 0.25) is 0 Å². The average Bonchev–Trinajstić information content (AvgIpc) is 2.62. The van der Waals surface area contributed by atoms with Gasteiger partial charge in [0, 0.05) is 25.0 Å². The van der Waals surface area contributed by atoms with Gasteiger partial charge < -0.3 is 13.9 Å². The van der Waals surface area contributed by atoms with Gasteiger partial charge in [0.2, 0.25) is 5.69 Å². The Labute approximate surface area is 193 Å². The van der Waals surface area contributed by atoms with E-state index in [4.69, 9.17) is 4.55 Å². The van der Waals surface area contributed by atoms with E-state index >= 15 is 0 Å². The van der Waals surface area contributed by atoms with Crippen molar-refractivity contribution in [2.24, 2.45) is 0 Å². The van der Waals surface area contributed by atoms with Gasteiger partial charge in [-0.1, -0.05) is 17.0 Å². The van der Waals surface area contributed by atoms with Gasteiger partial charge >= 0.3 is 51.4 Å². The fourth-order valence-electron chi connectivity index (χ4n) is 2.91. The molecule has 2 N–H and O–H groups in total. The molecule has 1 heterocycles. The maximum atomic E-state index is 11.2. The van der Waals surface area contributed by atoms with Gasteiger partial charge in [-0.15, -0.1) is 0 Å². The molecule has 0 radical (unpaired) electrons. The van der Waals surface area contributed by atoms with Crippen molar-refractivity contribution in [3.8, 4) is 0 Å². The van der Waals surface area contributed by atoms with Crippen molar-refractivity contribution >= 4 is 32.2 Å². The average molecular weight is 416 g/mol. The van der Waals surface area contributed by atoms with E-state index in [1.807, 2.05) is 20.8 Å². The smallest absolute Gasteiger partial charge is 0.870 e. The predicted octanol–water partition coefficient (Wildman–Crippen LogP) is -0.754. The summed E-state index contributed by atoms with van der Waals surface area (Å²) in [5, 5.41) is 0. The molecule has 25 heavy (non-hydrogen) atoms. The van der Waals surface area contributed by atoms with Crippen molar-refractivity contribution in [2.75, 3.05) is 12.3 Å². The molecule has 0 amide bonds. The first-order valence-electron chi connectivity index (χ1n) is 7.34. The van der Waals surface area contributed by atoms with Gasteiger partial charge in [0.1, 0.15) is 6.54 Å². The molecule has 7 nitrogen and oxygen atoms in total. The number of benzene rings is 1. The van der Waals surface area contributed by atoms with Gasteiger partial charge in [-0.3, -0.25) is 4.55 Å². The van der Waals surface area contributed by atoms with Gasteiger partial charge in [-0.2, -0.15) is 13.0 Å². The molecule has 0 atom stereocenters. The molecule has 136 valence electrons. The van der Waals surface area contributed by atoms with Crippen LogP contribution in [0.3, 0.4) is 0 Å². The van der Waals surface area contributed by atoms with Crippen LogP contribution in [0.4, 0.5) is 5.69 Å². The topological polar surface area (TPSA) is 122 Å². The molecule has 0 saturated heterocycles. The molecule has 1 aliphatic rings. The second-order valence-electron chi connectivity index (χ2n) is 6.27. The monoisotopic (exact) mass is 415 g/mol. The number of hydrogen-bond donors (Lipinski definition) is 1. The maximum absolute atomic E-state index is 11.2. The number of rotatable bonds is 6. The molecule has 1 aliphatic heterocycles. The third kappa shape index (κ3) is 5.91. The molecule has 0 spiro atoms. The molecule has 0 saturated carbocycles. The van der Waals surface area contributed by atoms with Crippen LogP contribution in [-0.4, -0.2) is 41.0 Å². The Kier molecular flexibility index (Phi) is 9.65. The molecule has 0 aliphatic carbocycles. The Morgan fingerprint density at radius 3 is 2.32 bits per heavy atom. The summed E-state index contributed by atoms with van der Waals surface area (Å²) in [5.74, 6) is -0.246. The van der Waals surface area contributed by atoms with Gasteiger partial charge in [-0.05, 0) is 31.0 Å². The van der Waals surface area contributed by atoms with Crippen LogP contribution in [-0.2, 0) is 34.7 Å². The predicted molar refractivity (Wildman–Crippen MR) is 89.5 cm³/mol. The minimum absolute atomic E-state index is 0. The van der Waals surface area contributed by atoms with Crippen LogP contribution in [0.1, 0.15) is 39.2 Å². The van der Waals surface area contributed by atoms with Crippen molar-refractivity contribution in [1.29, 1.82) is 0 Å². The van der Waals surface area contributed by atoms with E-state index in [9.17, 15) is 16.8 Å². The third-order valence-corrected chi connectivity index (χ3v) is 5.91.